The number of rotatable bonds is 1. The van der Waals surface area contributed by atoms with E-state index in [0.717, 1.165) is 24.2 Å². The van der Waals surface area contributed by atoms with Crippen LogP contribution in [0, 0.1) is 5.82 Å². The number of nitrogens with two attached hydrogens (primary N) is 1. The maximum Gasteiger partial charge on any atom is 0.166 e. The highest BCUT2D eigenvalue weighted by molar-refractivity contribution is 6.07. The van der Waals surface area contributed by atoms with Gasteiger partial charge < -0.3 is 5.73 Å². The Morgan fingerprint density at radius 3 is 2.73 bits per heavy atom. The molecule has 0 radical (unpaired) electrons. The molecule has 0 saturated heterocycles. The van der Waals surface area contributed by atoms with Gasteiger partial charge in [-0.25, -0.2) is 14.4 Å². The quantitative estimate of drug-likeness (QED) is 0.749. The van der Waals surface area contributed by atoms with Crippen molar-refractivity contribution >= 4 is 22.6 Å². The molecule has 2 N–H and O–H groups in total. The van der Waals surface area contributed by atoms with Gasteiger partial charge in [-0.05, 0) is 37.1 Å². The number of hydrogen-bond donors (Lipinski definition) is 1. The molecule has 1 aliphatic rings. The van der Waals surface area contributed by atoms with E-state index < -0.39 is 0 Å². The monoisotopic (exact) mass is 296 g/mol. The summed E-state index contributed by atoms with van der Waals surface area (Å²) in [6.07, 6.45) is 3.62. The van der Waals surface area contributed by atoms with E-state index in [1.54, 1.807) is 23.0 Å². The van der Waals surface area contributed by atoms with Crippen molar-refractivity contribution in [2.24, 2.45) is 0 Å². The standard InChI is InChI=1S/C16H13FN4O/c17-9-4-6-10(7-5-9)21-8-19-15-14(18)13-11(20-16(15)21)2-1-3-12(13)22/h4-8H,1-3H2,(H2,18,20). The molecule has 22 heavy (non-hydrogen) atoms. The van der Waals surface area contributed by atoms with Gasteiger partial charge >= 0.3 is 0 Å². The van der Waals surface area contributed by atoms with Gasteiger partial charge in [0.25, 0.3) is 0 Å². The SMILES string of the molecule is Nc1c2c(nc3c1ncn3-c1ccc(F)cc1)CCCC2=O. The second kappa shape index (κ2) is 4.62. The number of fused-ring (bicyclic) bond motifs is 2. The number of pyridine rings is 1. The molecule has 0 atom stereocenters. The van der Waals surface area contributed by atoms with Crippen molar-refractivity contribution in [1.29, 1.82) is 0 Å². The molecule has 2 heterocycles. The van der Waals surface area contributed by atoms with Crippen LogP contribution in [0.2, 0.25) is 0 Å². The van der Waals surface area contributed by atoms with Crippen molar-refractivity contribution in [2.45, 2.75) is 19.3 Å². The Labute approximate surface area is 125 Å². The van der Waals surface area contributed by atoms with Crippen LogP contribution in [0.3, 0.4) is 0 Å². The number of anilines is 1. The highest BCUT2D eigenvalue weighted by atomic mass is 19.1. The third kappa shape index (κ3) is 1.80. The van der Waals surface area contributed by atoms with E-state index in [2.05, 4.69) is 9.97 Å². The summed E-state index contributed by atoms with van der Waals surface area (Å²) in [5, 5.41) is 0. The minimum atomic E-state index is -0.302. The fraction of sp³-hybridized carbons (Fsp3) is 0.188. The first-order valence-electron chi connectivity index (χ1n) is 7.09. The topological polar surface area (TPSA) is 73.8 Å². The van der Waals surface area contributed by atoms with Crippen molar-refractivity contribution < 1.29 is 9.18 Å². The molecule has 0 aliphatic heterocycles. The van der Waals surface area contributed by atoms with Gasteiger partial charge in [-0.1, -0.05) is 0 Å². The van der Waals surface area contributed by atoms with Crippen LogP contribution in [0.4, 0.5) is 10.1 Å². The van der Waals surface area contributed by atoms with Crippen molar-refractivity contribution in [1.82, 2.24) is 14.5 Å². The second-order valence-corrected chi connectivity index (χ2v) is 5.39. The minimum Gasteiger partial charge on any atom is -0.396 e. The van der Waals surface area contributed by atoms with Crippen LogP contribution >= 0.6 is 0 Å². The van der Waals surface area contributed by atoms with Crippen molar-refractivity contribution in [2.75, 3.05) is 5.73 Å². The summed E-state index contributed by atoms with van der Waals surface area (Å²) in [5.41, 5.74) is 9.64. The number of nitrogens with zero attached hydrogens (tertiary/aromatic N) is 3. The zero-order valence-corrected chi connectivity index (χ0v) is 11.7. The van der Waals surface area contributed by atoms with E-state index in [1.807, 2.05) is 0 Å². The van der Waals surface area contributed by atoms with Crippen LogP contribution in [0.15, 0.2) is 30.6 Å². The maximum absolute atomic E-state index is 13.1. The molecule has 1 aromatic carbocycles. The van der Waals surface area contributed by atoms with Crippen LogP contribution in [0.1, 0.15) is 28.9 Å². The van der Waals surface area contributed by atoms with Crippen molar-refractivity contribution in [3.8, 4) is 5.69 Å². The fourth-order valence-corrected chi connectivity index (χ4v) is 2.92. The largest absolute Gasteiger partial charge is 0.396 e. The average Bonchev–Trinajstić information content (AvgIpc) is 2.92. The van der Waals surface area contributed by atoms with Crippen molar-refractivity contribution in [3.63, 3.8) is 0 Å². The van der Waals surface area contributed by atoms with Gasteiger partial charge in [-0.3, -0.25) is 9.36 Å². The summed E-state index contributed by atoms with van der Waals surface area (Å²) in [6, 6.07) is 6.07. The predicted molar refractivity (Wildman–Crippen MR) is 80.5 cm³/mol. The van der Waals surface area contributed by atoms with Crippen LogP contribution in [-0.4, -0.2) is 20.3 Å². The number of imidazole rings is 1. The number of nitrogen functional groups attached to an aromatic ring is 1. The molecular formula is C16H13FN4O. The summed E-state index contributed by atoms with van der Waals surface area (Å²) < 4.78 is 14.8. The molecule has 1 aliphatic carbocycles. The molecule has 0 unspecified atom stereocenters. The zero-order valence-electron chi connectivity index (χ0n) is 11.7. The number of ketones is 1. The van der Waals surface area contributed by atoms with Crippen LogP contribution in [-0.2, 0) is 6.42 Å². The van der Waals surface area contributed by atoms with Gasteiger partial charge in [0.15, 0.2) is 11.4 Å². The summed E-state index contributed by atoms with van der Waals surface area (Å²) in [4.78, 5) is 20.9. The number of benzene rings is 1. The Kier molecular flexibility index (Phi) is 2.72. The molecule has 2 aromatic heterocycles. The Hall–Kier alpha value is -2.76. The summed E-state index contributed by atoms with van der Waals surface area (Å²) in [6.45, 7) is 0. The molecule has 0 fully saturated rings. The normalized spacial score (nSPS) is 14.3. The molecule has 3 aromatic rings. The molecule has 0 saturated carbocycles. The predicted octanol–water partition coefficient (Wildman–Crippen LogP) is 2.66. The number of Topliss-reactive ketones (excluding diaryl/α,β-unsaturated/α-hetero) is 1. The highest BCUT2D eigenvalue weighted by Crippen LogP contribution is 2.31. The molecule has 6 heteroatoms. The first-order valence-corrected chi connectivity index (χ1v) is 7.09. The van der Waals surface area contributed by atoms with Gasteiger partial charge in [-0.15, -0.1) is 0 Å². The number of hydrogen-bond acceptors (Lipinski definition) is 4. The molecule has 0 spiro atoms. The molecule has 4 rings (SSSR count). The number of aryl methyl sites for hydroxylation is 1. The zero-order chi connectivity index (χ0) is 15.3. The van der Waals surface area contributed by atoms with Crippen LogP contribution < -0.4 is 5.73 Å². The lowest BCUT2D eigenvalue weighted by Crippen LogP contribution is -2.16. The Morgan fingerprint density at radius 2 is 1.95 bits per heavy atom. The fourth-order valence-electron chi connectivity index (χ4n) is 2.92. The van der Waals surface area contributed by atoms with E-state index in [-0.39, 0.29) is 11.6 Å². The van der Waals surface area contributed by atoms with E-state index in [0.29, 0.717) is 28.8 Å². The van der Waals surface area contributed by atoms with Gasteiger partial charge in [0.05, 0.1) is 16.9 Å². The Balaban J connectivity index is 1.98. The van der Waals surface area contributed by atoms with Gasteiger partial charge in [-0.2, -0.15) is 0 Å². The molecule has 5 nitrogen and oxygen atoms in total. The van der Waals surface area contributed by atoms with E-state index in [9.17, 15) is 9.18 Å². The minimum absolute atomic E-state index is 0.0319. The lowest BCUT2D eigenvalue weighted by atomic mass is 9.93. The number of carbonyl (C=O) groups excluding carboxylic acids is 1. The first kappa shape index (κ1) is 12.9. The first-order chi connectivity index (χ1) is 10.6. The Morgan fingerprint density at radius 1 is 1.18 bits per heavy atom. The summed E-state index contributed by atoms with van der Waals surface area (Å²) in [5.74, 6) is -0.270. The lowest BCUT2D eigenvalue weighted by molar-refractivity contribution is 0.0972. The van der Waals surface area contributed by atoms with Gasteiger partial charge in [0.1, 0.15) is 17.7 Å². The summed E-state index contributed by atoms with van der Waals surface area (Å²) in [7, 11) is 0. The molecule has 110 valence electrons. The highest BCUT2D eigenvalue weighted by Gasteiger charge is 2.25. The Bertz CT molecular complexity index is 899. The summed E-state index contributed by atoms with van der Waals surface area (Å²) >= 11 is 0. The number of aromatic nitrogens is 3. The smallest absolute Gasteiger partial charge is 0.166 e. The molecule has 0 bridgehead atoms. The maximum atomic E-state index is 13.1. The average molecular weight is 296 g/mol. The third-order valence-electron chi connectivity index (χ3n) is 4.00. The van der Waals surface area contributed by atoms with Crippen molar-refractivity contribution in [3.05, 3.63) is 47.7 Å². The van der Waals surface area contributed by atoms with E-state index >= 15 is 0 Å². The second-order valence-electron chi connectivity index (χ2n) is 5.39. The number of carbonyl (C=O) groups is 1. The van der Waals surface area contributed by atoms with Gasteiger partial charge in [0, 0.05) is 12.1 Å². The third-order valence-corrected chi connectivity index (χ3v) is 4.00. The van der Waals surface area contributed by atoms with E-state index in [1.165, 1.54) is 12.1 Å². The van der Waals surface area contributed by atoms with Crippen LogP contribution in [0.5, 0.6) is 0 Å². The van der Waals surface area contributed by atoms with Crippen LogP contribution in [0.25, 0.3) is 16.9 Å². The molecule has 0 amide bonds. The number of halogens is 1. The molecular weight excluding hydrogens is 283 g/mol. The lowest BCUT2D eigenvalue weighted by Gasteiger charge is -2.16. The van der Waals surface area contributed by atoms with Gasteiger partial charge in [0.2, 0.25) is 0 Å². The van der Waals surface area contributed by atoms with E-state index in [4.69, 9.17) is 5.73 Å².